The Labute approximate surface area is 217 Å². The number of ether oxygens (including phenoxy) is 4. The van der Waals surface area contributed by atoms with Crippen LogP contribution in [0.2, 0.25) is 0 Å². The second-order valence-electron chi connectivity index (χ2n) is 8.48. The molecule has 0 radical (unpaired) electrons. The van der Waals surface area contributed by atoms with Crippen LogP contribution in [0.1, 0.15) is 24.8 Å². The summed E-state index contributed by atoms with van der Waals surface area (Å²) < 4.78 is 53.1. The molecule has 13 heteroatoms. The average Bonchev–Trinajstić information content (AvgIpc) is 3.36. The molecule has 0 spiro atoms. The van der Waals surface area contributed by atoms with E-state index in [-0.39, 0.29) is 22.3 Å². The minimum absolute atomic E-state index is 0.0212. The monoisotopic (exact) mass is 579 g/mol. The molecule has 5 rings (SSSR count). The van der Waals surface area contributed by atoms with Gasteiger partial charge in [0.15, 0.2) is 30.1 Å². The van der Waals surface area contributed by atoms with Crippen molar-refractivity contribution in [1.82, 2.24) is 15.0 Å². The highest BCUT2D eigenvalue weighted by molar-refractivity contribution is 9.10. The van der Waals surface area contributed by atoms with E-state index < -0.39 is 60.3 Å². The van der Waals surface area contributed by atoms with Gasteiger partial charge in [-0.15, -0.1) is 5.10 Å². The molecule has 2 aromatic carbocycles. The number of hydrogen-bond donors (Lipinski definition) is 1. The van der Waals surface area contributed by atoms with E-state index in [1.165, 1.54) is 23.0 Å². The molecule has 37 heavy (non-hydrogen) atoms. The maximum Gasteiger partial charge on any atom is 0.336 e. The van der Waals surface area contributed by atoms with Gasteiger partial charge < -0.3 is 24.1 Å². The fourth-order valence-corrected chi connectivity index (χ4v) is 4.78. The van der Waals surface area contributed by atoms with E-state index in [9.17, 15) is 23.5 Å². The van der Waals surface area contributed by atoms with E-state index in [1.54, 1.807) is 24.3 Å². The molecular formula is C24H20BrF2N3O7. The molecule has 10 nitrogen and oxygen atoms in total. The van der Waals surface area contributed by atoms with Crippen molar-refractivity contribution in [1.29, 1.82) is 0 Å². The van der Waals surface area contributed by atoms with Crippen molar-refractivity contribution in [2.45, 2.75) is 43.7 Å². The summed E-state index contributed by atoms with van der Waals surface area (Å²) >= 11 is 2.93. The number of carboxylic acids is 1. The third-order valence-electron chi connectivity index (χ3n) is 6.10. The molecular weight excluding hydrogens is 560 g/mol. The van der Waals surface area contributed by atoms with Crippen LogP contribution in [-0.2, 0) is 28.5 Å². The van der Waals surface area contributed by atoms with Gasteiger partial charge >= 0.3 is 11.9 Å². The van der Waals surface area contributed by atoms with Crippen molar-refractivity contribution in [3.05, 3.63) is 70.3 Å². The van der Waals surface area contributed by atoms with Crippen LogP contribution >= 0.6 is 15.9 Å². The first-order valence-corrected chi connectivity index (χ1v) is 12.0. The van der Waals surface area contributed by atoms with Crippen LogP contribution in [0.5, 0.6) is 0 Å². The van der Waals surface area contributed by atoms with Crippen molar-refractivity contribution in [2.24, 2.45) is 0 Å². The summed E-state index contributed by atoms with van der Waals surface area (Å²) in [7, 11) is 0. The smallest absolute Gasteiger partial charge is 0.336 e. The lowest BCUT2D eigenvalue weighted by Crippen LogP contribution is -2.62. The Balaban J connectivity index is 1.56. The minimum atomic E-state index is -1.58. The van der Waals surface area contributed by atoms with Gasteiger partial charge in [0, 0.05) is 18.1 Å². The van der Waals surface area contributed by atoms with Crippen LogP contribution in [0.4, 0.5) is 8.78 Å². The van der Waals surface area contributed by atoms with Gasteiger partial charge in [-0.3, -0.25) is 4.79 Å². The first kappa shape index (κ1) is 25.4. The number of carbonyl (C=O) groups is 2. The van der Waals surface area contributed by atoms with Crippen LogP contribution in [0, 0.1) is 11.6 Å². The van der Waals surface area contributed by atoms with Crippen LogP contribution in [0.3, 0.4) is 0 Å². The molecule has 0 saturated carbocycles. The Kier molecular flexibility index (Phi) is 7.03. The number of aliphatic carboxylic acids is 1. The van der Waals surface area contributed by atoms with E-state index >= 15 is 0 Å². The number of fused-ring (bicyclic) bond motifs is 1. The second kappa shape index (κ2) is 10.2. The topological polar surface area (TPSA) is 122 Å². The van der Waals surface area contributed by atoms with Gasteiger partial charge in [-0.25, -0.2) is 18.3 Å². The molecule has 0 amide bonds. The number of esters is 1. The molecule has 1 aromatic heterocycles. The van der Waals surface area contributed by atoms with Gasteiger partial charge in [-0.2, -0.15) is 0 Å². The van der Waals surface area contributed by atoms with E-state index in [0.717, 1.165) is 6.92 Å². The van der Waals surface area contributed by atoms with Gasteiger partial charge in [0.05, 0.1) is 17.3 Å². The summed E-state index contributed by atoms with van der Waals surface area (Å²) in [5.41, 5.74) is 0.521. The SMILES string of the molecule is CC(=O)O[C@@H]1[C@@H](n2cc(-c3ccc(Br)c(F)c3F)nn2)[C@H]2OC(c3ccccc3)OC[C@H]2O[C@H]1C(=O)O. The molecule has 3 aromatic rings. The quantitative estimate of drug-likeness (QED) is 0.358. The number of hydrogen-bond acceptors (Lipinski definition) is 8. The number of carbonyl (C=O) groups excluding carboxylic acids is 1. The molecule has 2 aliphatic rings. The lowest BCUT2D eigenvalue weighted by atomic mass is 9.91. The lowest BCUT2D eigenvalue weighted by molar-refractivity contribution is -0.315. The lowest BCUT2D eigenvalue weighted by Gasteiger charge is -2.47. The standard InChI is InChI=1S/C24H20BrF2N3O7/c1-11(31)35-21-19(30-9-15(28-29-30)13-7-8-14(25)18(27)17(13)26)20-16(36-22(21)23(32)33)10-34-24(37-20)12-5-3-2-4-6-12/h2-9,16,19-22,24H,10H2,1H3,(H,32,33)/t16-,19+,20+,21-,22-,24?/m1/s1. The third-order valence-corrected chi connectivity index (χ3v) is 6.71. The van der Waals surface area contributed by atoms with Gasteiger partial charge in [0.1, 0.15) is 23.9 Å². The first-order valence-electron chi connectivity index (χ1n) is 11.2. The molecule has 194 valence electrons. The van der Waals surface area contributed by atoms with E-state index in [0.29, 0.717) is 5.56 Å². The largest absolute Gasteiger partial charge is 0.479 e. The van der Waals surface area contributed by atoms with Crippen molar-refractivity contribution in [3.8, 4) is 11.3 Å². The van der Waals surface area contributed by atoms with Crippen LogP contribution in [0.25, 0.3) is 11.3 Å². The summed E-state index contributed by atoms with van der Waals surface area (Å²) in [6.07, 6.45) is -4.25. The summed E-state index contributed by atoms with van der Waals surface area (Å²) in [6.45, 7) is 1.11. The maximum absolute atomic E-state index is 14.6. The predicted molar refractivity (Wildman–Crippen MR) is 124 cm³/mol. The summed E-state index contributed by atoms with van der Waals surface area (Å²) in [5, 5.41) is 17.9. The number of benzene rings is 2. The molecule has 6 atom stereocenters. The van der Waals surface area contributed by atoms with Gasteiger partial charge in [-0.05, 0) is 28.1 Å². The van der Waals surface area contributed by atoms with E-state index in [4.69, 9.17) is 18.9 Å². The Morgan fingerprint density at radius 3 is 2.59 bits per heavy atom. The van der Waals surface area contributed by atoms with E-state index in [1.807, 2.05) is 6.07 Å². The Bertz CT molecular complexity index is 1320. The summed E-state index contributed by atoms with van der Waals surface area (Å²) in [6, 6.07) is 10.6. The normalized spacial score (nSPS) is 27.4. The fourth-order valence-electron chi connectivity index (χ4n) is 4.47. The molecule has 2 aliphatic heterocycles. The summed E-state index contributed by atoms with van der Waals surface area (Å²) in [5.74, 6) is -4.37. The predicted octanol–water partition coefficient (Wildman–Crippen LogP) is 3.42. The molecule has 2 fully saturated rings. The van der Waals surface area contributed by atoms with E-state index in [2.05, 4.69) is 26.2 Å². The number of carboxylic acid groups (broad SMARTS) is 1. The second-order valence-corrected chi connectivity index (χ2v) is 9.34. The highest BCUT2D eigenvalue weighted by Crippen LogP contribution is 2.41. The van der Waals surface area contributed by atoms with Crippen molar-refractivity contribution >= 4 is 27.9 Å². The van der Waals surface area contributed by atoms with Gasteiger partial charge in [0.25, 0.3) is 0 Å². The highest BCUT2D eigenvalue weighted by Gasteiger charge is 2.55. The number of rotatable bonds is 5. The van der Waals surface area contributed by atoms with Crippen molar-refractivity contribution in [2.75, 3.05) is 6.61 Å². The fraction of sp³-hybridized carbons (Fsp3) is 0.333. The average molecular weight is 580 g/mol. The zero-order valence-corrected chi connectivity index (χ0v) is 20.7. The zero-order chi connectivity index (χ0) is 26.3. The molecule has 1 unspecified atom stereocenters. The Morgan fingerprint density at radius 2 is 1.89 bits per heavy atom. The number of aromatic nitrogens is 3. The first-order chi connectivity index (χ1) is 17.7. The molecule has 2 saturated heterocycles. The number of nitrogens with zero attached hydrogens (tertiary/aromatic N) is 3. The highest BCUT2D eigenvalue weighted by atomic mass is 79.9. The molecule has 0 bridgehead atoms. The van der Waals surface area contributed by atoms with Gasteiger partial charge in [0.2, 0.25) is 0 Å². The number of halogens is 3. The van der Waals surface area contributed by atoms with Gasteiger partial charge in [-0.1, -0.05) is 35.5 Å². The van der Waals surface area contributed by atoms with Crippen molar-refractivity contribution in [3.63, 3.8) is 0 Å². The molecule has 1 N–H and O–H groups in total. The van der Waals surface area contributed by atoms with Crippen LogP contribution in [0.15, 0.2) is 53.1 Å². The van der Waals surface area contributed by atoms with Crippen molar-refractivity contribution < 1.29 is 42.4 Å². The molecule has 3 heterocycles. The minimum Gasteiger partial charge on any atom is -0.479 e. The van der Waals surface area contributed by atoms with Crippen LogP contribution in [-0.4, -0.2) is 63.1 Å². The Morgan fingerprint density at radius 1 is 1.14 bits per heavy atom. The van der Waals surface area contributed by atoms with Crippen LogP contribution < -0.4 is 0 Å². The Hall–Kier alpha value is -3.26. The third kappa shape index (κ3) is 4.87. The molecule has 0 aliphatic carbocycles. The maximum atomic E-state index is 14.6. The zero-order valence-electron chi connectivity index (χ0n) is 19.2. The summed E-state index contributed by atoms with van der Waals surface area (Å²) in [4.78, 5) is 24.1.